The number of piperazine rings is 1. The highest BCUT2D eigenvalue weighted by molar-refractivity contribution is 5.97. The van der Waals surface area contributed by atoms with Crippen LogP contribution in [0.4, 0.5) is 0 Å². The summed E-state index contributed by atoms with van der Waals surface area (Å²) in [6.07, 6.45) is 0. The molecular formula is C21H23N3O4. The summed E-state index contributed by atoms with van der Waals surface area (Å²) in [5.74, 6) is 1.17. The molecule has 28 heavy (non-hydrogen) atoms. The molecule has 1 aromatic heterocycles. The van der Waals surface area contributed by atoms with Crippen molar-refractivity contribution in [2.75, 3.05) is 40.4 Å². The highest BCUT2D eigenvalue weighted by Gasteiger charge is 2.25. The van der Waals surface area contributed by atoms with Gasteiger partial charge in [-0.1, -0.05) is 17.3 Å². The number of rotatable bonds is 5. The Kier molecular flexibility index (Phi) is 5.16. The highest BCUT2D eigenvalue weighted by Crippen LogP contribution is 2.26. The number of fused-ring (bicyclic) bond motifs is 1. The molecule has 0 aliphatic carbocycles. The summed E-state index contributed by atoms with van der Waals surface area (Å²) >= 11 is 0. The van der Waals surface area contributed by atoms with Gasteiger partial charge in [-0.2, -0.15) is 0 Å². The van der Waals surface area contributed by atoms with Crippen LogP contribution >= 0.6 is 0 Å². The van der Waals surface area contributed by atoms with E-state index < -0.39 is 0 Å². The summed E-state index contributed by atoms with van der Waals surface area (Å²) in [5.41, 5.74) is 2.30. The molecule has 1 saturated heterocycles. The number of carbonyl (C=O) groups is 1. The SMILES string of the molecule is COc1ccc(C(=O)N2CCN(Cc3noc4ccccc34)CC2)c(OC)c1. The van der Waals surface area contributed by atoms with Gasteiger partial charge in [-0.25, -0.2) is 0 Å². The Labute approximate surface area is 163 Å². The number of amides is 1. The van der Waals surface area contributed by atoms with Crippen LogP contribution in [0.5, 0.6) is 11.5 Å². The van der Waals surface area contributed by atoms with E-state index in [-0.39, 0.29) is 5.91 Å². The Morgan fingerprint density at radius 1 is 1.07 bits per heavy atom. The number of para-hydroxylation sites is 1. The Morgan fingerprint density at radius 2 is 1.86 bits per heavy atom. The zero-order valence-corrected chi connectivity index (χ0v) is 16.1. The molecule has 7 heteroatoms. The zero-order chi connectivity index (χ0) is 19.5. The van der Waals surface area contributed by atoms with Crippen molar-refractivity contribution in [3.8, 4) is 11.5 Å². The third-order valence-electron chi connectivity index (χ3n) is 5.12. The van der Waals surface area contributed by atoms with Crippen LogP contribution in [-0.2, 0) is 6.54 Å². The lowest BCUT2D eigenvalue weighted by Gasteiger charge is -2.34. The smallest absolute Gasteiger partial charge is 0.257 e. The van der Waals surface area contributed by atoms with Crippen molar-refractivity contribution in [2.45, 2.75) is 6.54 Å². The van der Waals surface area contributed by atoms with Gasteiger partial charge in [0.25, 0.3) is 5.91 Å². The molecule has 0 N–H and O–H groups in total. The number of hydrogen-bond acceptors (Lipinski definition) is 6. The van der Waals surface area contributed by atoms with Crippen LogP contribution in [0.15, 0.2) is 47.0 Å². The highest BCUT2D eigenvalue weighted by atomic mass is 16.5. The summed E-state index contributed by atoms with van der Waals surface area (Å²) in [7, 11) is 3.15. The standard InChI is InChI=1S/C21H23N3O4/c1-26-15-7-8-17(20(13-15)27-2)21(25)24-11-9-23(10-12-24)14-18-16-5-3-4-6-19(16)28-22-18/h3-8,13H,9-12,14H2,1-2H3. The van der Waals surface area contributed by atoms with Crippen LogP contribution in [0.25, 0.3) is 11.0 Å². The number of ether oxygens (including phenoxy) is 2. The molecule has 1 aliphatic rings. The van der Waals surface area contributed by atoms with Crippen molar-refractivity contribution in [3.05, 3.63) is 53.7 Å². The molecule has 0 spiro atoms. The van der Waals surface area contributed by atoms with E-state index in [2.05, 4.69) is 10.1 Å². The van der Waals surface area contributed by atoms with Crippen molar-refractivity contribution in [3.63, 3.8) is 0 Å². The summed E-state index contributed by atoms with van der Waals surface area (Å²) in [5, 5.41) is 5.25. The van der Waals surface area contributed by atoms with Crippen molar-refractivity contribution in [2.24, 2.45) is 0 Å². The van der Waals surface area contributed by atoms with E-state index in [0.29, 0.717) is 36.7 Å². The van der Waals surface area contributed by atoms with Gasteiger partial charge in [0.1, 0.15) is 17.2 Å². The molecular weight excluding hydrogens is 358 g/mol. The molecule has 0 unspecified atom stereocenters. The third kappa shape index (κ3) is 3.53. The van der Waals surface area contributed by atoms with E-state index in [1.807, 2.05) is 29.2 Å². The molecule has 7 nitrogen and oxygen atoms in total. The van der Waals surface area contributed by atoms with E-state index in [4.69, 9.17) is 14.0 Å². The first-order valence-corrected chi connectivity index (χ1v) is 9.26. The quantitative estimate of drug-likeness (QED) is 0.677. The van der Waals surface area contributed by atoms with E-state index in [1.54, 1.807) is 32.4 Å². The van der Waals surface area contributed by atoms with Gasteiger partial charge in [0.05, 0.1) is 19.8 Å². The number of benzene rings is 2. The molecule has 2 aromatic carbocycles. The predicted octanol–water partition coefficient (Wildman–Crippen LogP) is 2.80. The van der Waals surface area contributed by atoms with Gasteiger partial charge in [0.2, 0.25) is 0 Å². The maximum absolute atomic E-state index is 12.9. The molecule has 0 atom stereocenters. The minimum absolute atomic E-state index is 0.0222. The van der Waals surface area contributed by atoms with Crippen LogP contribution in [-0.4, -0.2) is 61.3 Å². The first-order chi connectivity index (χ1) is 13.7. The number of nitrogens with zero attached hydrogens (tertiary/aromatic N) is 3. The predicted molar refractivity (Wildman–Crippen MR) is 105 cm³/mol. The topological polar surface area (TPSA) is 68.0 Å². The van der Waals surface area contributed by atoms with Crippen molar-refractivity contribution >= 4 is 16.9 Å². The summed E-state index contributed by atoms with van der Waals surface area (Å²) in [6.45, 7) is 3.59. The lowest BCUT2D eigenvalue weighted by atomic mass is 10.1. The average molecular weight is 381 g/mol. The third-order valence-corrected chi connectivity index (χ3v) is 5.12. The zero-order valence-electron chi connectivity index (χ0n) is 16.1. The fourth-order valence-electron chi connectivity index (χ4n) is 3.52. The van der Waals surface area contributed by atoms with Crippen LogP contribution in [0, 0.1) is 0 Å². The van der Waals surface area contributed by atoms with Crippen molar-refractivity contribution < 1.29 is 18.8 Å². The number of carbonyl (C=O) groups excluding carboxylic acids is 1. The summed E-state index contributed by atoms with van der Waals surface area (Å²) < 4.78 is 16.0. The van der Waals surface area contributed by atoms with Crippen LogP contribution in [0.3, 0.4) is 0 Å². The summed E-state index contributed by atoms with van der Waals surface area (Å²) in [4.78, 5) is 17.1. The summed E-state index contributed by atoms with van der Waals surface area (Å²) in [6, 6.07) is 13.1. The minimum Gasteiger partial charge on any atom is -0.497 e. The second-order valence-electron chi connectivity index (χ2n) is 6.76. The first-order valence-electron chi connectivity index (χ1n) is 9.26. The van der Waals surface area contributed by atoms with E-state index in [9.17, 15) is 4.79 Å². The second kappa shape index (κ2) is 7.90. The molecule has 1 aliphatic heterocycles. The van der Waals surface area contributed by atoms with E-state index >= 15 is 0 Å². The monoisotopic (exact) mass is 381 g/mol. The average Bonchev–Trinajstić information content (AvgIpc) is 3.16. The van der Waals surface area contributed by atoms with E-state index in [0.717, 1.165) is 29.8 Å². The molecule has 146 valence electrons. The Bertz CT molecular complexity index is 977. The first kappa shape index (κ1) is 18.3. The van der Waals surface area contributed by atoms with Crippen LogP contribution < -0.4 is 9.47 Å². The van der Waals surface area contributed by atoms with Gasteiger partial charge >= 0.3 is 0 Å². The van der Waals surface area contributed by atoms with Gasteiger partial charge < -0.3 is 18.9 Å². The molecule has 1 fully saturated rings. The molecule has 3 aromatic rings. The largest absolute Gasteiger partial charge is 0.497 e. The minimum atomic E-state index is -0.0222. The Balaban J connectivity index is 1.40. The molecule has 0 saturated carbocycles. The van der Waals surface area contributed by atoms with Gasteiger partial charge in [0, 0.05) is 44.2 Å². The van der Waals surface area contributed by atoms with Gasteiger partial charge in [-0.3, -0.25) is 9.69 Å². The van der Waals surface area contributed by atoms with Crippen LogP contribution in [0.1, 0.15) is 16.1 Å². The van der Waals surface area contributed by atoms with Gasteiger partial charge in [-0.05, 0) is 24.3 Å². The van der Waals surface area contributed by atoms with Gasteiger partial charge in [0.15, 0.2) is 5.58 Å². The number of aromatic nitrogens is 1. The maximum atomic E-state index is 12.9. The van der Waals surface area contributed by atoms with E-state index in [1.165, 1.54) is 0 Å². The normalized spacial score (nSPS) is 15.0. The molecule has 4 rings (SSSR count). The van der Waals surface area contributed by atoms with Crippen molar-refractivity contribution in [1.29, 1.82) is 0 Å². The number of methoxy groups -OCH3 is 2. The fourth-order valence-corrected chi connectivity index (χ4v) is 3.52. The van der Waals surface area contributed by atoms with Crippen LogP contribution in [0.2, 0.25) is 0 Å². The lowest BCUT2D eigenvalue weighted by Crippen LogP contribution is -2.48. The maximum Gasteiger partial charge on any atom is 0.257 e. The molecule has 0 radical (unpaired) electrons. The molecule has 2 heterocycles. The number of hydrogen-bond donors (Lipinski definition) is 0. The molecule has 0 bridgehead atoms. The second-order valence-corrected chi connectivity index (χ2v) is 6.76. The molecule has 1 amide bonds. The fraction of sp³-hybridized carbons (Fsp3) is 0.333. The van der Waals surface area contributed by atoms with Gasteiger partial charge in [-0.15, -0.1) is 0 Å². The Hall–Kier alpha value is -3.06. The lowest BCUT2D eigenvalue weighted by molar-refractivity contribution is 0.0623. The Morgan fingerprint density at radius 3 is 2.61 bits per heavy atom. The van der Waals surface area contributed by atoms with Crippen molar-refractivity contribution in [1.82, 2.24) is 15.0 Å².